The zero-order chi connectivity index (χ0) is 14.7. The van der Waals surface area contributed by atoms with Crippen molar-refractivity contribution in [1.82, 2.24) is 15.5 Å². The van der Waals surface area contributed by atoms with Crippen LogP contribution in [-0.2, 0) is 6.54 Å². The van der Waals surface area contributed by atoms with Crippen LogP contribution in [0.15, 0.2) is 22.7 Å². The molecule has 2 aromatic rings. The van der Waals surface area contributed by atoms with E-state index in [2.05, 4.69) is 15.5 Å². The zero-order valence-electron chi connectivity index (χ0n) is 11.0. The molecule has 0 saturated heterocycles. The van der Waals surface area contributed by atoms with Crippen LogP contribution in [0.5, 0.6) is 0 Å². The molecule has 0 bridgehead atoms. The Morgan fingerprint density at radius 1 is 1.35 bits per heavy atom. The monoisotopic (exact) mass is 281 g/mol. The van der Waals surface area contributed by atoms with Crippen LogP contribution in [0.1, 0.15) is 41.8 Å². The van der Waals surface area contributed by atoms with Crippen LogP contribution < -0.4 is 5.32 Å². The van der Waals surface area contributed by atoms with E-state index in [9.17, 15) is 13.6 Å². The normalized spacial score (nSPS) is 10.8. The van der Waals surface area contributed by atoms with E-state index in [-0.39, 0.29) is 18.0 Å². The Labute approximate surface area is 114 Å². The third-order valence-corrected chi connectivity index (χ3v) is 2.57. The Bertz CT molecular complexity index is 626. The summed E-state index contributed by atoms with van der Waals surface area (Å²) in [6.07, 6.45) is 0. The molecule has 5 nitrogen and oxygen atoms in total. The van der Waals surface area contributed by atoms with E-state index in [0.717, 1.165) is 12.1 Å². The van der Waals surface area contributed by atoms with Gasteiger partial charge in [0, 0.05) is 11.5 Å². The Hall–Kier alpha value is -2.31. The summed E-state index contributed by atoms with van der Waals surface area (Å²) in [6, 6.07) is 2.93. The van der Waals surface area contributed by atoms with E-state index in [1.165, 1.54) is 6.07 Å². The molecule has 0 saturated carbocycles. The number of benzene rings is 1. The number of aromatic nitrogens is 2. The van der Waals surface area contributed by atoms with E-state index >= 15 is 0 Å². The second-order valence-electron chi connectivity index (χ2n) is 4.52. The first kappa shape index (κ1) is 14.1. The number of nitrogens with one attached hydrogen (secondary N) is 1. The van der Waals surface area contributed by atoms with Gasteiger partial charge in [-0.05, 0) is 18.2 Å². The Kier molecular flexibility index (Phi) is 4.07. The lowest BCUT2D eigenvalue weighted by molar-refractivity contribution is 0.0949. The van der Waals surface area contributed by atoms with E-state index in [1.54, 1.807) is 0 Å². The number of hydrogen-bond acceptors (Lipinski definition) is 4. The van der Waals surface area contributed by atoms with Crippen LogP contribution >= 0.6 is 0 Å². The van der Waals surface area contributed by atoms with Crippen molar-refractivity contribution in [2.75, 3.05) is 0 Å². The maximum absolute atomic E-state index is 13.0. The predicted octanol–water partition coefficient (Wildman–Crippen LogP) is 2.40. The molecule has 7 heteroatoms. The van der Waals surface area contributed by atoms with Gasteiger partial charge in [0.15, 0.2) is 17.5 Å². The van der Waals surface area contributed by atoms with Gasteiger partial charge in [-0.1, -0.05) is 19.0 Å². The van der Waals surface area contributed by atoms with Gasteiger partial charge in [0.25, 0.3) is 5.91 Å². The van der Waals surface area contributed by atoms with Gasteiger partial charge in [0.05, 0.1) is 6.54 Å². The topological polar surface area (TPSA) is 68.0 Å². The van der Waals surface area contributed by atoms with E-state index in [0.29, 0.717) is 11.7 Å². The average molecular weight is 281 g/mol. The summed E-state index contributed by atoms with van der Waals surface area (Å²) in [6.45, 7) is 3.85. The predicted molar refractivity (Wildman–Crippen MR) is 65.9 cm³/mol. The maximum Gasteiger partial charge on any atom is 0.251 e. The second kappa shape index (κ2) is 5.77. The van der Waals surface area contributed by atoms with Crippen molar-refractivity contribution in [3.05, 3.63) is 47.1 Å². The van der Waals surface area contributed by atoms with Gasteiger partial charge in [0.1, 0.15) is 0 Å². The van der Waals surface area contributed by atoms with Crippen LogP contribution in [-0.4, -0.2) is 16.0 Å². The van der Waals surface area contributed by atoms with Crippen molar-refractivity contribution in [2.45, 2.75) is 26.3 Å². The van der Waals surface area contributed by atoms with Gasteiger partial charge in [-0.15, -0.1) is 0 Å². The van der Waals surface area contributed by atoms with Crippen LogP contribution in [0.4, 0.5) is 8.78 Å². The minimum absolute atomic E-state index is 0.0245. The molecule has 0 radical (unpaired) electrons. The number of carbonyl (C=O) groups is 1. The van der Waals surface area contributed by atoms with Crippen LogP contribution in [0, 0.1) is 11.6 Å². The highest BCUT2D eigenvalue weighted by Gasteiger charge is 2.13. The van der Waals surface area contributed by atoms with Crippen molar-refractivity contribution < 1.29 is 18.1 Å². The Morgan fingerprint density at radius 2 is 2.10 bits per heavy atom. The number of carbonyl (C=O) groups excluding carboxylic acids is 1. The third kappa shape index (κ3) is 3.17. The molecule has 106 valence electrons. The molecule has 1 aromatic heterocycles. The average Bonchev–Trinajstić information content (AvgIpc) is 2.88. The summed E-state index contributed by atoms with van der Waals surface area (Å²) in [4.78, 5) is 15.8. The summed E-state index contributed by atoms with van der Waals surface area (Å²) < 4.78 is 30.7. The lowest BCUT2D eigenvalue weighted by Crippen LogP contribution is -2.23. The molecule has 0 aliphatic heterocycles. The summed E-state index contributed by atoms with van der Waals surface area (Å²) in [5.41, 5.74) is 0.0245. The maximum atomic E-state index is 13.0. The number of rotatable bonds is 4. The minimum atomic E-state index is -1.07. The fraction of sp³-hybridized carbons (Fsp3) is 0.308. The van der Waals surface area contributed by atoms with Crippen molar-refractivity contribution in [2.24, 2.45) is 0 Å². The highest BCUT2D eigenvalue weighted by atomic mass is 19.2. The first-order valence-electron chi connectivity index (χ1n) is 6.03. The summed E-state index contributed by atoms with van der Waals surface area (Å²) >= 11 is 0. The smallest absolute Gasteiger partial charge is 0.251 e. The number of nitrogens with zero attached hydrogens (tertiary/aromatic N) is 2. The molecule has 1 amide bonds. The van der Waals surface area contributed by atoms with Gasteiger partial charge in [-0.2, -0.15) is 4.98 Å². The van der Waals surface area contributed by atoms with Crippen molar-refractivity contribution in [1.29, 1.82) is 0 Å². The molecular weight excluding hydrogens is 268 g/mol. The standard InChI is InChI=1S/C13H13F2N3O2/c1-7(2)13-17-11(18-20-13)6-16-12(19)8-3-4-9(14)10(15)5-8/h3-5,7H,6H2,1-2H3,(H,16,19). The molecule has 20 heavy (non-hydrogen) atoms. The molecule has 0 spiro atoms. The Morgan fingerprint density at radius 3 is 2.70 bits per heavy atom. The van der Waals surface area contributed by atoms with Crippen LogP contribution in [0.2, 0.25) is 0 Å². The number of halogens is 2. The van der Waals surface area contributed by atoms with Crippen molar-refractivity contribution in [3.63, 3.8) is 0 Å². The van der Waals surface area contributed by atoms with Crippen molar-refractivity contribution in [3.8, 4) is 0 Å². The van der Waals surface area contributed by atoms with E-state index in [4.69, 9.17) is 4.52 Å². The van der Waals surface area contributed by atoms with Crippen molar-refractivity contribution >= 4 is 5.91 Å². The molecular formula is C13H13F2N3O2. The van der Waals surface area contributed by atoms with Gasteiger partial charge >= 0.3 is 0 Å². The fourth-order valence-corrected chi connectivity index (χ4v) is 1.47. The molecule has 1 aromatic carbocycles. The molecule has 2 rings (SSSR count). The first-order valence-corrected chi connectivity index (χ1v) is 6.03. The summed E-state index contributed by atoms with van der Waals surface area (Å²) in [5, 5.41) is 6.20. The lowest BCUT2D eigenvalue weighted by Gasteiger charge is -2.02. The fourth-order valence-electron chi connectivity index (χ4n) is 1.47. The Balaban J connectivity index is 1.99. The summed E-state index contributed by atoms with van der Waals surface area (Å²) in [5.74, 6) is -1.72. The first-order chi connectivity index (χ1) is 9.47. The van der Waals surface area contributed by atoms with Gasteiger partial charge in [-0.3, -0.25) is 4.79 Å². The molecule has 0 aliphatic rings. The third-order valence-electron chi connectivity index (χ3n) is 2.57. The highest BCUT2D eigenvalue weighted by molar-refractivity contribution is 5.94. The zero-order valence-corrected chi connectivity index (χ0v) is 11.0. The van der Waals surface area contributed by atoms with Crippen LogP contribution in [0.25, 0.3) is 0 Å². The molecule has 0 unspecified atom stereocenters. The summed E-state index contributed by atoms with van der Waals surface area (Å²) in [7, 11) is 0. The minimum Gasteiger partial charge on any atom is -0.345 e. The molecule has 1 N–H and O–H groups in total. The quantitative estimate of drug-likeness (QED) is 0.934. The molecule has 0 aliphatic carbocycles. The van der Waals surface area contributed by atoms with Gasteiger partial charge < -0.3 is 9.84 Å². The number of amides is 1. The van der Waals surface area contributed by atoms with Gasteiger partial charge in [-0.25, -0.2) is 8.78 Å². The molecule has 1 heterocycles. The van der Waals surface area contributed by atoms with E-state index in [1.807, 2.05) is 13.8 Å². The largest absolute Gasteiger partial charge is 0.345 e. The molecule has 0 fully saturated rings. The lowest BCUT2D eigenvalue weighted by atomic mass is 10.2. The van der Waals surface area contributed by atoms with E-state index < -0.39 is 17.5 Å². The molecule has 0 atom stereocenters. The van der Waals surface area contributed by atoms with Crippen LogP contribution in [0.3, 0.4) is 0 Å². The SMILES string of the molecule is CC(C)c1nc(CNC(=O)c2ccc(F)c(F)c2)no1. The second-order valence-corrected chi connectivity index (χ2v) is 4.52. The number of hydrogen-bond donors (Lipinski definition) is 1. The van der Waals surface area contributed by atoms with Gasteiger partial charge in [0.2, 0.25) is 5.89 Å². The highest BCUT2D eigenvalue weighted by Crippen LogP contribution is 2.11.